The molecule has 4 nitrogen and oxygen atoms in total. The zero-order valence-electron chi connectivity index (χ0n) is 10.0. The number of anilines is 2. The van der Waals surface area contributed by atoms with E-state index in [0.29, 0.717) is 5.69 Å². The summed E-state index contributed by atoms with van der Waals surface area (Å²) < 4.78 is 0. The number of nitriles is 1. The molecule has 4 heteroatoms. The van der Waals surface area contributed by atoms with E-state index in [2.05, 4.69) is 15.3 Å². The zero-order valence-corrected chi connectivity index (χ0v) is 10.0. The number of benzene rings is 1. The van der Waals surface area contributed by atoms with Crippen molar-refractivity contribution < 1.29 is 0 Å². The predicted octanol–water partition coefficient (Wildman–Crippen LogP) is 3.25. The Morgan fingerprint density at radius 1 is 0.947 bits per heavy atom. The summed E-state index contributed by atoms with van der Waals surface area (Å²) in [6, 6.07) is 15.5. The molecule has 0 saturated carbocycles. The molecule has 0 bridgehead atoms. The Hall–Kier alpha value is -2.93. The second-order valence-electron chi connectivity index (χ2n) is 4.09. The molecule has 0 saturated heterocycles. The molecule has 0 aliphatic carbocycles. The highest BCUT2D eigenvalue weighted by Crippen LogP contribution is 2.19. The van der Waals surface area contributed by atoms with Gasteiger partial charge in [0.05, 0.1) is 29.3 Å². The maximum atomic E-state index is 8.69. The second kappa shape index (κ2) is 4.75. The van der Waals surface area contributed by atoms with Gasteiger partial charge in [-0.3, -0.25) is 4.98 Å². The van der Waals surface area contributed by atoms with Gasteiger partial charge in [0.2, 0.25) is 0 Å². The summed E-state index contributed by atoms with van der Waals surface area (Å²) in [5.41, 5.74) is 3.09. The predicted molar refractivity (Wildman–Crippen MR) is 74.0 cm³/mol. The van der Waals surface area contributed by atoms with Crippen LogP contribution in [0.4, 0.5) is 11.4 Å². The minimum atomic E-state index is 0.405. The van der Waals surface area contributed by atoms with E-state index in [4.69, 9.17) is 5.26 Å². The molecule has 90 valence electrons. The van der Waals surface area contributed by atoms with Gasteiger partial charge >= 0.3 is 0 Å². The van der Waals surface area contributed by atoms with Gasteiger partial charge in [-0.15, -0.1) is 0 Å². The van der Waals surface area contributed by atoms with Crippen molar-refractivity contribution in [1.82, 2.24) is 9.97 Å². The highest BCUT2D eigenvalue weighted by molar-refractivity contribution is 5.82. The first-order chi connectivity index (χ1) is 9.35. The number of hydrogen-bond acceptors (Lipinski definition) is 4. The van der Waals surface area contributed by atoms with E-state index in [-0.39, 0.29) is 0 Å². The first-order valence-electron chi connectivity index (χ1n) is 5.83. The van der Waals surface area contributed by atoms with Crippen LogP contribution in [0.3, 0.4) is 0 Å². The summed E-state index contributed by atoms with van der Waals surface area (Å²) in [4.78, 5) is 8.39. The Morgan fingerprint density at radius 2 is 1.79 bits per heavy atom. The molecule has 1 N–H and O–H groups in total. The van der Waals surface area contributed by atoms with Crippen LogP contribution in [0.5, 0.6) is 0 Å². The molecule has 3 rings (SSSR count). The topological polar surface area (TPSA) is 61.6 Å². The van der Waals surface area contributed by atoms with E-state index in [1.807, 2.05) is 42.5 Å². The molecule has 2 aromatic heterocycles. The lowest BCUT2D eigenvalue weighted by atomic mass is 10.2. The molecule has 0 aliphatic rings. The fourth-order valence-electron chi connectivity index (χ4n) is 1.84. The lowest BCUT2D eigenvalue weighted by Gasteiger charge is -2.06. The van der Waals surface area contributed by atoms with Crippen LogP contribution in [0, 0.1) is 11.3 Å². The maximum absolute atomic E-state index is 8.69. The first-order valence-corrected chi connectivity index (χ1v) is 5.83. The van der Waals surface area contributed by atoms with E-state index in [1.54, 1.807) is 18.5 Å². The highest BCUT2D eigenvalue weighted by Gasteiger charge is 1.99. The summed E-state index contributed by atoms with van der Waals surface area (Å²) in [6.45, 7) is 0. The highest BCUT2D eigenvalue weighted by atomic mass is 14.9. The molecule has 1 aromatic carbocycles. The summed E-state index contributed by atoms with van der Waals surface area (Å²) in [5, 5.41) is 13.0. The lowest BCUT2D eigenvalue weighted by Crippen LogP contribution is -1.93. The molecule has 0 spiro atoms. The van der Waals surface area contributed by atoms with Gasteiger partial charge in [0.15, 0.2) is 0 Å². The van der Waals surface area contributed by atoms with Gasteiger partial charge in [-0.2, -0.15) is 5.26 Å². The van der Waals surface area contributed by atoms with Gasteiger partial charge in [-0.1, -0.05) is 18.2 Å². The van der Waals surface area contributed by atoms with Crippen molar-refractivity contribution in [2.24, 2.45) is 0 Å². The van der Waals surface area contributed by atoms with Crippen LogP contribution in [0.25, 0.3) is 10.9 Å². The minimum Gasteiger partial charge on any atom is -0.353 e. The van der Waals surface area contributed by atoms with E-state index in [0.717, 1.165) is 22.3 Å². The number of rotatable bonds is 2. The second-order valence-corrected chi connectivity index (χ2v) is 4.09. The van der Waals surface area contributed by atoms with Crippen molar-refractivity contribution in [2.45, 2.75) is 0 Å². The molecule has 0 unspecified atom stereocenters. The SMILES string of the molecule is N#Cc1ccc(Nc2cnc3ccccc3c2)cn1. The average Bonchev–Trinajstić information content (AvgIpc) is 2.48. The van der Waals surface area contributed by atoms with Crippen LogP contribution in [0.2, 0.25) is 0 Å². The van der Waals surface area contributed by atoms with Crippen molar-refractivity contribution in [3.63, 3.8) is 0 Å². The smallest absolute Gasteiger partial charge is 0.140 e. The summed E-state index contributed by atoms with van der Waals surface area (Å²) in [5.74, 6) is 0. The van der Waals surface area contributed by atoms with Gasteiger partial charge in [0.25, 0.3) is 0 Å². The van der Waals surface area contributed by atoms with E-state index < -0.39 is 0 Å². The number of fused-ring (bicyclic) bond motifs is 1. The van der Waals surface area contributed by atoms with Crippen LogP contribution < -0.4 is 5.32 Å². The molecular formula is C15H10N4. The Kier molecular flexibility index (Phi) is 2.79. The quantitative estimate of drug-likeness (QED) is 0.754. The van der Waals surface area contributed by atoms with Gasteiger partial charge in [0, 0.05) is 5.39 Å². The molecular weight excluding hydrogens is 236 g/mol. The van der Waals surface area contributed by atoms with Crippen LogP contribution in [0.1, 0.15) is 5.69 Å². The fraction of sp³-hybridized carbons (Fsp3) is 0. The molecule has 3 aromatic rings. The van der Waals surface area contributed by atoms with Crippen molar-refractivity contribution in [1.29, 1.82) is 5.26 Å². The number of nitrogens with one attached hydrogen (secondary N) is 1. The normalized spacial score (nSPS) is 10.1. The summed E-state index contributed by atoms with van der Waals surface area (Å²) >= 11 is 0. The van der Waals surface area contributed by atoms with Crippen molar-refractivity contribution >= 4 is 22.3 Å². The van der Waals surface area contributed by atoms with Crippen LogP contribution in [0.15, 0.2) is 54.9 Å². The van der Waals surface area contributed by atoms with Crippen molar-refractivity contribution in [2.75, 3.05) is 5.32 Å². The molecule has 0 atom stereocenters. The monoisotopic (exact) mass is 246 g/mol. The molecule has 0 aliphatic heterocycles. The van der Waals surface area contributed by atoms with Crippen LogP contribution >= 0.6 is 0 Å². The zero-order chi connectivity index (χ0) is 13.1. The Labute approximate surface area is 110 Å². The lowest BCUT2D eigenvalue weighted by molar-refractivity contribution is 1.26. The molecule has 0 fully saturated rings. The van der Waals surface area contributed by atoms with E-state index in [9.17, 15) is 0 Å². The molecule has 2 heterocycles. The van der Waals surface area contributed by atoms with Crippen LogP contribution in [-0.4, -0.2) is 9.97 Å². The van der Waals surface area contributed by atoms with Crippen LogP contribution in [-0.2, 0) is 0 Å². The number of pyridine rings is 2. The average molecular weight is 246 g/mol. The largest absolute Gasteiger partial charge is 0.353 e. The summed E-state index contributed by atoms with van der Waals surface area (Å²) in [6.07, 6.45) is 3.41. The number of hydrogen-bond donors (Lipinski definition) is 1. The molecule has 19 heavy (non-hydrogen) atoms. The third-order valence-electron chi connectivity index (χ3n) is 2.76. The molecule has 0 amide bonds. The number of aromatic nitrogens is 2. The maximum Gasteiger partial charge on any atom is 0.140 e. The number of nitrogens with zero attached hydrogens (tertiary/aromatic N) is 3. The van der Waals surface area contributed by atoms with Crippen molar-refractivity contribution in [3.05, 3.63) is 60.6 Å². The van der Waals surface area contributed by atoms with Crippen molar-refractivity contribution in [3.8, 4) is 6.07 Å². The standard InChI is InChI=1S/C15H10N4/c16-8-12-5-6-13(9-17-12)19-14-7-11-3-1-2-4-15(11)18-10-14/h1-7,9-10,19H. The van der Waals surface area contributed by atoms with Gasteiger partial charge in [-0.25, -0.2) is 4.98 Å². The van der Waals surface area contributed by atoms with E-state index >= 15 is 0 Å². The minimum absolute atomic E-state index is 0.405. The van der Waals surface area contributed by atoms with Gasteiger partial charge < -0.3 is 5.32 Å². The third-order valence-corrected chi connectivity index (χ3v) is 2.76. The van der Waals surface area contributed by atoms with E-state index in [1.165, 1.54) is 0 Å². The Balaban J connectivity index is 1.90. The fourth-order valence-corrected chi connectivity index (χ4v) is 1.84. The summed E-state index contributed by atoms with van der Waals surface area (Å²) in [7, 11) is 0. The van der Waals surface area contributed by atoms with Gasteiger partial charge in [-0.05, 0) is 24.3 Å². The first kappa shape index (κ1) is 11.2. The third kappa shape index (κ3) is 2.35. The number of para-hydroxylation sites is 1. The Bertz CT molecular complexity index is 757. The Morgan fingerprint density at radius 3 is 2.58 bits per heavy atom. The molecule has 0 radical (unpaired) electrons. The van der Waals surface area contributed by atoms with Gasteiger partial charge in [0.1, 0.15) is 11.8 Å².